The SMILES string of the molecule is O=C1OCCN1C(=O)N1[C@H]2C=C[C@H](C2)N1C(=O)OCc1ccccc1. The lowest BCUT2D eigenvalue weighted by molar-refractivity contribution is 0.00197. The largest absolute Gasteiger partial charge is 0.447 e. The van der Waals surface area contributed by atoms with Crippen LogP contribution in [-0.4, -0.2) is 58.4 Å². The standard InChI is InChI=1S/C17H17N3O5/c21-15(18-8-9-24-16(18)22)19-13-6-7-14(10-13)20(19)17(23)25-11-12-4-2-1-3-5-12/h1-7,13-14H,8-11H2/t13-,14+/m0/s1. The molecule has 0 N–H and O–H groups in total. The van der Waals surface area contributed by atoms with Crippen molar-refractivity contribution in [3.8, 4) is 0 Å². The Morgan fingerprint density at radius 2 is 1.84 bits per heavy atom. The molecule has 4 rings (SSSR count). The smallest absolute Gasteiger partial charge is 0.429 e. The van der Waals surface area contributed by atoms with Crippen molar-refractivity contribution >= 4 is 18.2 Å². The van der Waals surface area contributed by atoms with E-state index in [0.29, 0.717) is 6.42 Å². The van der Waals surface area contributed by atoms with Crippen LogP contribution < -0.4 is 0 Å². The van der Waals surface area contributed by atoms with Crippen molar-refractivity contribution in [2.75, 3.05) is 13.2 Å². The lowest BCUT2D eigenvalue weighted by Gasteiger charge is -2.35. The maximum Gasteiger partial charge on any atom is 0.429 e. The fourth-order valence-electron chi connectivity index (χ4n) is 3.28. The first kappa shape index (κ1) is 15.5. The lowest BCUT2D eigenvalue weighted by atomic mass is 10.2. The van der Waals surface area contributed by atoms with Crippen LogP contribution in [0.5, 0.6) is 0 Å². The van der Waals surface area contributed by atoms with Gasteiger partial charge in [-0.25, -0.2) is 29.3 Å². The van der Waals surface area contributed by atoms with Crippen LogP contribution in [0.25, 0.3) is 0 Å². The van der Waals surface area contributed by atoms with E-state index in [1.165, 1.54) is 10.0 Å². The quantitative estimate of drug-likeness (QED) is 0.769. The molecule has 1 aromatic rings. The number of urea groups is 1. The molecule has 2 atom stereocenters. The van der Waals surface area contributed by atoms with E-state index in [0.717, 1.165) is 10.5 Å². The van der Waals surface area contributed by atoms with Gasteiger partial charge >= 0.3 is 18.2 Å². The van der Waals surface area contributed by atoms with E-state index >= 15 is 0 Å². The Morgan fingerprint density at radius 1 is 1.12 bits per heavy atom. The Bertz CT molecular complexity index is 735. The second-order valence-corrected chi connectivity index (χ2v) is 6.03. The van der Waals surface area contributed by atoms with E-state index in [1.807, 2.05) is 42.5 Å². The third-order valence-electron chi connectivity index (χ3n) is 4.48. The summed E-state index contributed by atoms with van der Waals surface area (Å²) in [7, 11) is 0. The minimum absolute atomic E-state index is 0.116. The van der Waals surface area contributed by atoms with Crippen molar-refractivity contribution in [2.45, 2.75) is 25.1 Å². The molecule has 2 bridgehead atoms. The summed E-state index contributed by atoms with van der Waals surface area (Å²) in [6.07, 6.45) is 3.05. The summed E-state index contributed by atoms with van der Waals surface area (Å²) in [6, 6.07) is 8.25. The normalized spacial score (nSPS) is 24.0. The van der Waals surface area contributed by atoms with Crippen LogP contribution in [0.15, 0.2) is 42.5 Å². The Labute approximate surface area is 144 Å². The van der Waals surface area contributed by atoms with Gasteiger partial charge in [0.1, 0.15) is 13.2 Å². The van der Waals surface area contributed by atoms with Crippen LogP contribution in [0, 0.1) is 0 Å². The molecule has 1 aromatic carbocycles. The van der Waals surface area contributed by atoms with E-state index in [4.69, 9.17) is 9.47 Å². The van der Waals surface area contributed by atoms with Crippen molar-refractivity contribution in [2.24, 2.45) is 0 Å². The number of hydrazine groups is 1. The average Bonchev–Trinajstić information content (AvgIpc) is 3.35. The number of rotatable bonds is 2. The maximum atomic E-state index is 12.7. The lowest BCUT2D eigenvalue weighted by Crippen LogP contribution is -2.56. The molecule has 4 amide bonds. The molecule has 2 saturated heterocycles. The molecule has 2 heterocycles. The second kappa shape index (κ2) is 6.12. The number of ether oxygens (including phenoxy) is 2. The molecule has 1 aliphatic carbocycles. The Morgan fingerprint density at radius 3 is 2.52 bits per heavy atom. The number of nitrogens with zero attached hydrogens (tertiary/aromatic N) is 3. The highest BCUT2D eigenvalue weighted by Gasteiger charge is 2.50. The number of amides is 4. The summed E-state index contributed by atoms with van der Waals surface area (Å²) in [5, 5.41) is 2.59. The first-order chi connectivity index (χ1) is 12.1. The highest BCUT2D eigenvalue weighted by molar-refractivity contribution is 5.93. The molecule has 0 aromatic heterocycles. The Balaban J connectivity index is 1.48. The maximum absolute atomic E-state index is 12.7. The van der Waals surface area contributed by atoms with E-state index in [-0.39, 0.29) is 31.8 Å². The van der Waals surface area contributed by atoms with Gasteiger partial charge < -0.3 is 9.47 Å². The van der Waals surface area contributed by atoms with Gasteiger partial charge in [0.25, 0.3) is 0 Å². The molecule has 0 spiro atoms. The summed E-state index contributed by atoms with van der Waals surface area (Å²) in [4.78, 5) is 37.9. The zero-order chi connectivity index (χ0) is 17.4. The molecule has 3 aliphatic rings. The van der Waals surface area contributed by atoms with E-state index < -0.39 is 18.2 Å². The van der Waals surface area contributed by atoms with Crippen LogP contribution in [0.1, 0.15) is 12.0 Å². The van der Waals surface area contributed by atoms with Crippen molar-refractivity contribution < 1.29 is 23.9 Å². The van der Waals surface area contributed by atoms with Gasteiger partial charge in [0.05, 0.1) is 18.6 Å². The predicted molar refractivity (Wildman–Crippen MR) is 85.1 cm³/mol. The van der Waals surface area contributed by atoms with Crippen LogP contribution in [0.3, 0.4) is 0 Å². The van der Waals surface area contributed by atoms with Gasteiger partial charge in [-0.15, -0.1) is 0 Å². The first-order valence-electron chi connectivity index (χ1n) is 8.11. The third kappa shape index (κ3) is 2.69. The highest BCUT2D eigenvalue weighted by Crippen LogP contribution is 2.34. The number of carbonyl (C=O) groups excluding carboxylic acids is 3. The molecular weight excluding hydrogens is 326 g/mol. The van der Waals surface area contributed by atoms with Crippen LogP contribution in [-0.2, 0) is 16.1 Å². The number of imide groups is 1. The van der Waals surface area contributed by atoms with Gasteiger partial charge in [0.15, 0.2) is 0 Å². The molecule has 8 nitrogen and oxygen atoms in total. The van der Waals surface area contributed by atoms with Gasteiger partial charge in [-0.3, -0.25) is 0 Å². The molecule has 2 fully saturated rings. The van der Waals surface area contributed by atoms with Gasteiger partial charge in [-0.1, -0.05) is 42.5 Å². The van der Waals surface area contributed by atoms with E-state index in [1.54, 1.807) is 0 Å². The molecule has 0 radical (unpaired) electrons. The number of benzene rings is 1. The number of hydrogen-bond donors (Lipinski definition) is 0. The Hall–Kier alpha value is -3.03. The minimum atomic E-state index is -0.686. The van der Waals surface area contributed by atoms with Gasteiger partial charge in [-0.2, -0.15) is 0 Å². The molecule has 2 aliphatic heterocycles. The van der Waals surface area contributed by atoms with Crippen molar-refractivity contribution in [3.05, 3.63) is 48.0 Å². The van der Waals surface area contributed by atoms with E-state index in [2.05, 4.69) is 0 Å². The number of cyclic esters (lactones) is 1. The Kier molecular flexibility index (Phi) is 3.79. The monoisotopic (exact) mass is 343 g/mol. The molecule has 8 heteroatoms. The summed E-state index contributed by atoms with van der Waals surface area (Å²) in [5.74, 6) is 0. The summed E-state index contributed by atoms with van der Waals surface area (Å²) in [6.45, 7) is 0.466. The molecule has 130 valence electrons. The summed E-state index contributed by atoms with van der Waals surface area (Å²) >= 11 is 0. The predicted octanol–water partition coefficient (Wildman–Crippen LogP) is 2.13. The van der Waals surface area contributed by atoms with E-state index in [9.17, 15) is 14.4 Å². The van der Waals surface area contributed by atoms with Gasteiger partial charge in [0, 0.05) is 0 Å². The van der Waals surface area contributed by atoms with Crippen LogP contribution >= 0.6 is 0 Å². The van der Waals surface area contributed by atoms with Crippen molar-refractivity contribution in [3.63, 3.8) is 0 Å². The first-order valence-corrected chi connectivity index (χ1v) is 8.11. The topological polar surface area (TPSA) is 79.4 Å². The van der Waals surface area contributed by atoms with Crippen molar-refractivity contribution in [1.29, 1.82) is 0 Å². The van der Waals surface area contributed by atoms with Gasteiger partial charge in [-0.05, 0) is 12.0 Å². The number of carbonyl (C=O) groups is 3. The second-order valence-electron chi connectivity index (χ2n) is 6.03. The van der Waals surface area contributed by atoms with Crippen LogP contribution in [0.4, 0.5) is 14.4 Å². The zero-order valence-corrected chi connectivity index (χ0v) is 13.4. The average molecular weight is 343 g/mol. The number of hydrogen-bond acceptors (Lipinski definition) is 5. The fraction of sp³-hybridized carbons (Fsp3) is 0.353. The zero-order valence-electron chi connectivity index (χ0n) is 13.4. The molecule has 0 saturated carbocycles. The van der Waals surface area contributed by atoms with Gasteiger partial charge in [0.2, 0.25) is 0 Å². The minimum Gasteiger partial charge on any atom is -0.447 e. The summed E-state index contributed by atoms with van der Waals surface area (Å²) in [5.41, 5.74) is 0.858. The molecule has 25 heavy (non-hydrogen) atoms. The fourth-order valence-corrected chi connectivity index (χ4v) is 3.28. The molecular formula is C17H17N3O5. The number of fused-ring (bicyclic) bond motifs is 2. The third-order valence-corrected chi connectivity index (χ3v) is 4.48. The van der Waals surface area contributed by atoms with Crippen molar-refractivity contribution in [1.82, 2.24) is 14.9 Å². The molecule has 0 unspecified atom stereocenters. The summed E-state index contributed by atoms with van der Waals surface area (Å²) < 4.78 is 10.2. The highest BCUT2D eigenvalue weighted by atomic mass is 16.6. The van der Waals surface area contributed by atoms with Crippen LogP contribution in [0.2, 0.25) is 0 Å².